The second-order valence-corrected chi connectivity index (χ2v) is 9.99. The average molecular weight is 516 g/mol. The molecule has 1 aliphatic carbocycles. The molecule has 35 heavy (non-hydrogen) atoms. The van der Waals surface area contributed by atoms with Crippen LogP contribution in [-0.2, 0) is 24.2 Å². The zero-order chi connectivity index (χ0) is 24.9. The van der Waals surface area contributed by atoms with Gasteiger partial charge in [-0.2, -0.15) is 5.26 Å². The number of aryl methyl sites for hydroxylation is 1. The summed E-state index contributed by atoms with van der Waals surface area (Å²) >= 11 is 2.66. The summed E-state index contributed by atoms with van der Waals surface area (Å²) in [5.74, 6) is -1.40. The van der Waals surface area contributed by atoms with Gasteiger partial charge in [0.25, 0.3) is 0 Å². The fourth-order valence-corrected chi connectivity index (χ4v) is 5.90. The number of hydrogen-bond donors (Lipinski definition) is 1. The summed E-state index contributed by atoms with van der Waals surface area (Å²) in [4.78, 5) is 13.9. The number of aromatic nitrogens is 3. The number of hydrogen-bond acceptors (Lipinski definition) is 7. The molecule has 0 spiro atoms. The Morgan fingerprint density at radius 3 is 2.94 bits per heavy atom. The number of nitrogens with one attached hydrogen (secondary N) is 1. The molecule has 0 saturated heterocycles. The number of carbonyl (C=O) groups is 1. The summed E-state index contributed by atoms with van der Waals surface area (Å²) in [6.07, 6.45) is 4.92. The number of carbonyl (C=O) groups excluding carboxylic acids is 1. The van der Waals surface area contributed by atoms with Crippen LogP contribution < -0.4 is 10.1 Å². The number of benzene rings is 1. The molecule has 0 aliphatic heterocycles. The maximum absolute atomic E-state index is 14.0. The molecule has 2 heterocycles. The standard InChI is InChI=1S/C24H23F2N5O2S2/c1-3-10-31-22(14(2)33-19-9-8-15(25)11-18(19)26)29-30-24(31)34-13-21(32)28-23-17(12-27)16-6-4-5-7-20(16)35-23/h3,8-9,11,14H,1,4-7,10,13H2,2H3,(H,28,32). The van der Waals surface area contributed by atoms with E-state index in [1.807, 2.05) is 0 Å². The van der Waals surface area contributed by atoms with Crippen molar-refractivity contribution < 1.29 is 18.3 Å². The molecule has 1 atom stereocenters. The molecule has 1 amide bonds. The number of thioether (sulfide) groups is 1. The van der Waals surface area contributed by atoms with Crippen molar-refractivity contribution in [3.63, 3.8) is 0 Å². The quantitative estimate of drug-likeness (QED) is 0.302. The van der Waals surface area contributed by atoms with Gasteiger partial charge in [-0.05, 0) is 50.3 Å². The summed E-state index contributed by atoms with van der Waals surface area (Å²) in [6, 6.07) is 5.32. The highest BCUT2D eigenvalue weighted by Gasteiger charge is 2.23. The van der Waals surface area contributed by atoms with E-state index in [2.05, 4.69) is 28.2 Å². The average Bonchev–Trinajstić information content (AvgIpc) is 3.40. The van der Waals surface area contributed by atoms with Gasteiger partial charge in [-0.25, -0.2) is 8.78 Å². The van der Waals surface area contributed by atoms with E-state index in [0.29, 0.717) is 28.1 Å². The number of allylic oxidation sites excluding steroid dienone is 1. The Balaban J connectivity index is 1.44. The smallest absolute Gasteiger partial charge is 0.235 e. The van der Waals surface area contributed by atoms with Crippen LogP contribution in [0.25, 0.3) is 0 Å². The minimum atomic E-state index is -0.815. The molecule has 0 bridgehead atoms. The third kappa shape index (κ3) is 5.55. The second kappa shape index (κ2) is 11.0. The Bertz CT molecular complexity index is 1300. The lowest BCUT2D eigenvalue weighted by molar-refractivity contribution is -0.113. The van der Waals surface area contributed by atoms with Crippen molar-refractivity contribution in [1.29, 1.82) is 5.26 Å². The summed E-state index contributed by atoms with van der Waals surface area (Å²) in [7, 11) is 0. The second-order valence-electron chi connectivity index (χ2n) is 7.94. The van der Waals surface area contributed by atoms with E-state index in [9.17, 15) is 18.8 Å². The van der Waals surface area contributed by atoms with Crippen molar-refractivity contribution in [2.24, 2.45) is 0 Å². The number of nitriles is 1. The summed E-state index contributed by atoms with van der Waals surface area (Å²) in [5.41, 5.74) is 1.63. The van der Waals surface area contributed by atoms with Gasteiger partial charge in [-0.15, -0.1) is 28.1 Å². The molecule has 11 heteroatoms. The molecule has 2 aromatic heterocycles. The van der Waals surface area contributed by atoms with Crippen molar-refractivity contribution in [3.05, 3.63) is 64.3 Å². The van der Waals surface area contributed by atoms with E-state index in [4.69, 9.17) is 4.74 Å². The first-order valence-electron chi connectivity index (χ1n) is 11.0. The lowest BCUT2D eigenvalue weighted by Gasteiger charge is -2.16. The van der Waals surface area contributed by atoms with Gasteiger partial charge in [0.2, 0.25) is 5.91 Å². The van der Waals surface area contributed by atoms with Crippen LogP contribution in [0.4, 0.5) is 13.8 Å². The normalized spacial score (nSPS) is 13.5. The lowest BCUT2D eigenvalue weighted by Crippen LogP contribution is -2.15. The van der Waals surface area contributed by atoms with Gasteiger partial charge in [-0.3, -0.25) is 9.36 Å². The number of thiophene rings is 1. The highest BCUT2D eigenvalue weighted by Crippen LogP contribution is 2.37. The minimum Gasteiger partial charge on any atom is -0.480 e. The SMILES string of the molecule is C=CCn1c(SCC(=O)Nc2sc3c(c2C#N)CCCC3)nnc1C(C)Oc1ccc(F)cc1F. The summed E-state index contributed by atoms with van der Waals surface area (Å²) in [6.45, 7) is 5.78. The minimum absolute atomic E-state index is 0.0601. The molecule has 0 fully saturated rings. The number of anilines is 1. The van der Waals surface area contributed by atoms with Gasteiger partial charge in [0.1, 0.15) is 16.9 Å². The van der Waals surface area contributed by atoms with Crippen molar-refractivity contribution in [2.45, 2.75) is 50.4 Å². The Morgan fingerprint density at radius 2 is 2.20 bits per heavy atom. The molecular formula is C24H23F2N5O2S2. The van der Waals surface area contributed by atoms with Gasteiger partial charge in [-0.1, -0.05) is 17.8 Å². The molecule has 1 aromatic carbocycles. The van der Waals surface area contributed by atoms with E-state index >= 15 is 0 Å². The lowest BCUT2D eigenvalue weighted by atomic mass is 9.96. The predicted molar refractivity (Wildman–Crippen MR) is 131 cm³/mol. The van der Waals surface area contributed by atoms with E-state index in [1.165, 1.54) is 34.0 Å². The molecular weight excluding hydrogens is 492 g/mol. The van der Waals surface area contributed by atoms with E-state index < -0.39 is 17.7 Å². The van der Waals surface area contributed by atoms with Crippen LogP contribution in [0.2, 0.25) is 0 Å². The van der Waals surface area contributed by atoms with Crippen molar-refractivity contribution >= 4 is 34.0 Å². The Hall–Kier alpha value is -3.23. The first-order chi connectivity index (χ1) is 16.9. The highest BCUT2D eigenvalue weighted by molar-refractivity contribution is 7.99. The van der Waals surface area contributed by atoms with Gasteiger partial charge in [0.05, 0.1) is 11.3 Å². The molecule has 182 valence electrons. The number of amides is 1. The molecule has 0 radical (unpaired) electrons. The molecule has 3 aromatic rings. The Kier molecular flexibility index (Phi) is 7.83. The van der Waals surface area contributed by atoms with E-state index in [1.54, 1.807) is 17.6 Å². The highest BCUT2D eigenvalue weighted by atomic mass is 32.2. The maximum atomic E-state index is 14.0. The van der Waals surface area contributed by atoms with Gasteiger partial charge < -0.3 is 10.1 Å². The van der Waals surface area contributed by atoms with Gasteiger partial charge >= 0.3 is 0 Å². The topological polar surface area (TPSA) is 92.8 Å². The number of rotatable bonds is 9. The molecule has 1 unspecified atom stereocenters. The monoisotopic (exact) mass is 515 g/mol. The molecule has 7 nitrogen and oxygen atoms in total. The number of ether oxygens (including phenoxy) is 1. The number of nitrogens with zero attached hydrogens (tertiary/aromatic N) is 4. The van der Waals surface area contributed by atoms with E-state index in [-0.39, 0.29) is 17.4 Å². The zero-order valence-corrected chi connectivity index (χ0v) is 20.6. The Labute approximate surface area is 209 Å². The van der Waals surface area contributed by atoms with Crippen LogP contribution in [0.3, 0.4) is 0 Å². The number of fused-ring (bicyclic) bond motifs is 1. The van der Waals surface area contributed by atoms with Crippen LogP contribution in [0.1, 0.15) is 47.7 Å². The third-order valence-corrected chi connectivity index (χ3v) is 7.66. The summed E-state index contributed by atoms with van der Waals surface area (Å²) in [5, 5.41) is 21.9. The molecule has 1 N–H and O–H groups in total. The zero-order valence-electron chi connectivity index (χ0n) is 19.0. The van der Waals surface area contributed by atoms with Crippen LogP contribution in [0, 0.1) is 23.0 Å². The van der Waals surface area contributed by atoms with Crippen molar-refractivity contribution in [2.75, 3.05) is 11.1 Å². The summed E-state index contributed by atoms with van der Waals surface area (Å²) < 4.78 is 34.6. The predicted octanol–water partition coefficient (Wildman–Crippen LogP) is 5.43. The first kappa shape index (κ1) is 24.9. The van der Waals surface area contributed by atoms with Gasteiger partial charge in [0, 0.05) is 17.5 Å². The largest absolute Gasteiger partial charge is 0.480 e. The van der Waals surface area contributed by atoms with Crippen LogP contribution in [0.5, 0.6) is 5.75 Å². The Morgan fingerprint density at radius 1 is 1.40 bits per heavy atom. The maximum Gasteiger partial charge on any atom is 0.235 e. The van der Waals surface area contributed by atoms with Crippen molar-refractivity contribution in [3.8, 4) is 11.8 Å². The third-order valence-electron chi connectivity index (χ3n) is 5.49. The molecule has 1 aliphatic rings. The van der Waals surface area contributed by atoms with Crippen molar-refractivity contribution in [1.82, 2.24) is 14.8 Å². The van der Waals surface area contributed by atoms with Gasteiger partial charge in [0.15, 0.2) is 28.7 Å². The fraction of sp³-hybridized carbons (Fsp3) is 0.333. The van der Waals surface area contributed by atoms with Crippen LogP contribution >= 0.6 is 23.1 Å². The van der Waals surface area contributed by atoms with E-state index in [0.717, 1.165) is 43.4 Å². The fourth-order valence-electron chi connectivity index (χ4n) is 3.89. The number of halogens is 2. The first-order valence-corrected chi connectivity index (χ1v) is 12.8. The van der Waals surface area contributed by atoms with Crippen LogP contribution in [-0.4, -0.2) is 26.4 Å². The molecule has 4 rings (SSSR count). The molecule has 0 saturated carbocycles. The van der Waals surface area contributed by atoms with Crippen LogP contribution in [0.15, 0.2) is 36.0 Å².